The van der Waals surface area contributed by atoms with Crippen molar-refractivity contribution in [3.8, 4) is 5.75 Å². The topological polar surface area (TPSA) is 60.3 Å². The molecule has 0 radical (unpaired) electrons. The third-order valence-electron chi connectivity index (χ3n) is 4.02. The van der Waals surface area contributed by atoms with E-state index < -0.39 is 0 Å². The Balaban J connectivity index is 1.77. The molecule has 1 amide bonds. The van der Waals surface area contributed by atoms with Crippen LogP contribution in [0.15, 0.2) is 83.8 Å². The van der Waals surface area contributed by atoms with E-state index in [1.807, 2.05) is 60.7 Å². The fraction of sp³-hybridized carbons (Fsp3) is 0.143. The number of aromatic nitrogens is 1. The lowest BCUT2D eigenvalue weighted by atomic mass is 10.1. The Labute approximate surface area is 151 Å². The van der Waals surface area contributed by atoms with Crippen molar-refractivity contribution in [2.24, 2.45) is 7.05 Å². The molecule has 0 spiro atoms. The first-order chi connectivity index (χ1) is 12.6. The molecule has 26 heavy (non-hydrogen) atoms. The Morgan fingerprint density at radius 1 is 1.00 bits per heavy atom. The van der Waals surface area contributed by atoms with Crippen LogP contribution < -0.4 is 15.6 Å². The zero-order valence-corrected chi connectivity index (χ0v) is 14.5. The molecule has 0 saturated heterocycles. The number of hydrogen-bond donors (Lipinski definition) is 1. The van der Waals surface area contributed by atoms with Crippen LogP contribution in [0.2, 0.25) is 0 Å². The summed E-state index contributed by atoms with van der Waals surface area (Å²) in [6, 6.07) is 21.7. The summed E-state index contributed by atoms with van der Waals surface area (Å²) in [4.78, 5) is 24.1. The van der Waals surface area contributed by atoms with Gasteiger partial charge < -0.3 is 14.6 Å². The number of nitrogens with zero attached hydrogens (tertiary/aromatic N) is 1. The van der Waals surface area contributed by atoms with Gasteiger partial charge in [0.05, 0.1) is 11.6 Å². The lowest BCUT2D eigenvalue weighted by Gasteiger charge is -2.20. The van der Waals surface area contributed by atoms with E-state index in [0.29, 0.717) is 12.2 Å². The highest BCUT2D eigenvalue weighted by Gasteiger charge is 2.17. The summed E-state index contributed by atoms with van der Waals surface area (Å²) in [7, 11) is 1.62. The zero-order chi connectivity index (χ0) is 18.4. The molecule has 5 nitrogen and oxygen atoms in total. The summed E-state index contributed by atoms with van der Waals surface area (Å²) in [6.07, 6.45) is 1.53. The van der Waals surface area contributed by atoms with E-state index in [9.17, 15) is 9.59 Å². The molecule has 1 atom stereocenters. The van der Waals surface area contributed by atoms with Crippen LogP contribution in [0, 0.1) is 0 Å². The molecule has 1 N–H and O–H groups in total. The fourth-order valence-electron chi connectivity index (χ4n) is 2.57. The molecule has 132 valence electrons. The number of ether oxygens (including phenoxy) is 1. The Morgan fingerprint density at radius 3 is 2.31 bits per heavy atom. The van der Waals surface area contributed by atoms with Crippen LogP contribution in [-0.4, -0.2) is 17.1 Å². The fourth-order valence-corrected chi connectivity index (χ4v) is 2.57. The number of benzene rings is 2. The van der Waals surface area contributed by atoms with Crippen LogP contribution in [0.3, 0.4) is 0 Å². The van der Waals surface area contributed by atoms with Crippen molar-refractivity contribution >= 4 is 5.91 Å². The SMILES string of the molecule is Cn1cc(C(=O)N[C@H](COc2ccccc2)c2ccccc2)ccc1=O. The Kier molecular flexibility index (Phi) is 5.49. The van der Waals surface area contributed by atoms with E-state index in [4.69, 9.17) is 4.74 Å². The van der Waals surface area contributed by atoms with Gasteiger partial charge >= 0.3 is 0 Å². The van der Waals surface area contributed by atoms with Gasteiger partial charge in [-0.15, -0.1) is 0 Å². The van der Waals surface area contributed by atoms with Gasteiger partial charge in [-0.2, -0.15) is 0 Å². The molecule has 1 heterocycles. The summed E-state index contributed by atoms with van der Waals surface area (Å²) in [5.41, 5.74) is 1.21. The lowest BCUT2D eigenvalue weighted by Crippen LogP contribution is -2.33. The zero-order valence-electron chi connectivity index (χ0n) is 14.5. The average molecular weight is 348 g/mol. The Morgan fingerprint density at radius 2 is 1.65 bits per heavy atom. The van der Waals surface area contributed by atoms with Gasteiger partial charge in [-0.3, -0.25) is 9.59 Å². The van der Waals surface area contributed by atoms with Crippen molar-refractivity contribution < 1.29 is 9.53 Å². The summed E-state index contributed by atoms with van der Waals surface area (Å²) in [6.45, 7) is 0.297. The maximum atomic E-state index is 12.6. The minimum absolute atomic E-state index is 0.159. The predicted molar refractivity (Wildman–Crippen MR) is 100 cm³/mol. The van der Waals surface area contributed by atoms with E-state index in [-0.39, 0.29) is 17.5 Å². The second-order valence-electron chi connectivity index (χ2n) is 5.93. The molecule has 0 unspecified atom stereocenters. The standard InChI is InChI=1S/C21H20N2O3/c1-23-14-17(12-13-20(23)24)21(25)22-19(16-8-4-2-5-9-16)15-26-18-10-6-3-7-11-18/h2-14,19H,15H2,1H3,(H,22,25)/t19-/m1/s1. The highest BCUT2D eigenvalue weighted by Crippen LogP contribution is 2.17. The summed E-state index contributed by atoms with van der Waals surface area (Å²) in [5, 5.41) is 2.99. The quantitative estimate of drug-likeness (QED) is 0.745. The van der Waals surface area contributed by atoms with Gasteiger partial charge in [0.1, 0.15) is 12.4 Å². The minimum atomic E-state index is -0.318. The minimum Gasteiger partial charge on any atom is -0.491 e. The van der Waals surface area contributed by atoms with Crippen molar-refractivity contribution in [1.29, 1.82) is 0 Å². The molecule has 2 aromatic carbocycles. The highest BCUT2D eigenvalue weighted by atomic mass is 16.5. The van der Waals surface area contributed by atoms with E-state index in [0.717, 1.165) is 11.3 Å². The molecule has 0 saturated carbocycles. The van der Waals surface area contributed by atoms with Crippen LogP contribution in [0.4, 0.5) is 0 Å². The van der Waals surface area contributed by atoms with E-state index >= 15 is 0 Å². The number of amides is 1. The lowest BCUT2D eigenvalue weighted by molar-refractivity contribution is 0.0920. The third-order valence-corrected chi connectivity index (χ3v) is 4.02. The second kappa shape index (κ2) is 8.16. The van der Waals surface area contributed by atoms with Crippen LogP contribution >= 0.6 is 0 Å². The largest absolute Gasteiger partial charge is 0.491 e. The molecule has 0 bridgehead atoms. The van der Waals surface area contributed by atoms with E-state index in [1.54, 1.807) is 7.05 Å². The molecular weight excluding hydrogens is 328 g/mol. The predicted octanol–water partition coefficient (Wildman–Crippen LogP) is 2.94. The molecule has 1 aromatic heterocycles. The molecule has 0 aliphatic heterocycles. The molecule has 3 aromatic rings. The normalized spacial score (nSPS) is 11.6. The number of hydrogen-bond acceptors (Lipinski definition) is 3. The maximum absolute atomic E-state index is 12.6. The number of rotatable bonds is 6. The smallest absolute Gasteiger partial charge is 0.253 e. The molecule has 0 aliphatic rings. The summed E-state index contributed by atoms with van der Waals surface area (Å²) in [5.74, 6) is 0.482. The van der Waals surface area contributed by atoms with Crippen LogP contribution in [0.1, 0.15) is 22.0 Å². The van der Waals surface area contributed by atoms with Crippen LogP contribution in [-0.2, 0) is 7.05 Å². The van der Waals surface area contributed by atoms with Crippen molar-refractivity contribution in [1.82, 2.24) is 9.88 Å². The number of carbonyl (C=O) groups is 1. The summed E-state index contributed by atoms with van der Waals surface area (Å²) < 4.78 is 7.21. The second-order valence-corrected chi connectivity index (χ2v) is 5.93. The molecular formula is C21H20N2O3. The molecule has 0 fully saturated rings. The number of pyridine rings is 1. The maximum Gasteiger partial charge on any atom is 0.253 e. The van der Waals surface area contributed by atoms with Gasteiger partial charge in [-0.25, -0.2) is 0 Å². The summed E-state index contributed by atoms with van der Waals surface area (Å²) >= 11 is 0. The number of carbonyl (C=O) groups excluding carboxylic acids is 1. The first kappa shape index (κ1) is 17.5. The van der Waals surface area contributed by atoms with E-state index in [1.165, 1.54) is 22.9 Å². The van der Waals surface area contributed by atoms with Crippen LogP contribution in [0.25, 0.3) is 0 Å². The van der Waals surface area contributed by atoms with Crippen molar-refractivity contribution in [2.45, 2.75) is 6.04 Å². The van der Waals surface area contributed by atoms with Crippen molar-refractivity contribution in [2.75, 3.05) is 6.61 Å². The first-order valence-electron chi connectivity index (χ1n) is 8.34. The van der Waals surface area contributed by atoms with Gasteiger partial charge in [-0.05, 0) is 23.8 Å². The van der Waals surface area contributed by atoms with Crippen LogP contribution in [0.5, 0.6) is 5.75 Å². The number of nitrogens with one attached hydrogen (secondary N) is 1. The average Bonchev–Trinajstić information content (AvgIpc) is 2.68. The third kappa shape index (κ3) is 4.39. The number of aryl methyl sites for hydroxylation is 1. The van der Waals surface area contributed by atoms with Gasteiger partial charge in [-0.1, -0.05) is 48.5 Å². The number of para-hydroxylation sites is 1. The van der Waals surface area contributed by atoms with Gasteiger partial charge in [0.2, 0.25) is 5.56 Å². The van der Waals surface area contributed by atoms with Gasteiger partial charge in [0.15, 0.2) is 0 Å². The highest BCUT2D eigenvalue weighted by molar-refractivity contribution is 5.94. The van der Waals surface area contributed by atoms with Gasteiger partial charge in [0.25, 0.3) is 5.91 Å². The van der Waals surface area contributed by atoms with Crippen molar-refractivity contribution in [3.63, 3.8) is 0 Å². The molecule has 5 heteroatoms. The van der Waals surface area contributed by atoms with E-state index in [2.05, 4.69) is 5.32 Å². The molecule has 3 rings (SSSR count). The Hall–Kier alpha value is -3.34. The van der Waals surface area contributed by atoms with Crippen molar-refractivity contribution in [3.05, 3.63) is 100 Å². The van der Waals surface area contributed by atoms with Gasteiger partial charge in [0, 0.05) is 19.3 Å². The first-order valence-corrected chi connectivity index (χ1v) is 8.34. The Bertz CT molecular complexity index is 921. The monoisotopic (exact) mass is 348 g/mol. The molecule has 0 aliphatic carbocycles.